The van der Waals surface area contributed by atoms with Gasteiger partial charge >= 0.3 is 11.9 Å². The van der Waals surface area contributed by atoms with E-state index in [1.54, 1.807) is 0 Å². The SMILES string of the molecule is CC/C=C\C/C=C\C/C=C\C/C=C\C/C=C\C/C=C\C/C=C\C/C=C\CCCCCCCCCCC(=O)OC(COC(=O)CCCCCCCCC/C=C\C/C=C\C/C=C\C/C=C\C/C=C\C/C=C\C/C=C\CC)COP(=O)([O-])OCC[N+](C)(C)C. The Morgan fingerprint density at radius 2 is 0.628 bits per heavy atom. The number of phosphoric ester groups is 1. The summed E-state index contributed by atoms with van der Waals surface area (Å²) in [4.78, 5) is 38.0. The molecule has 0 spiro atoms. The first-order chi connectivity index (χ1) is 42.0. The summed E-state index contributed by atoms with van der Waals surface area (Å²) in [5.74, 6) is -0.869. The third-order valence-corrected chi connectivity index (χ3v) is 14.4. The van der Waals surface area contributed by atoms with Gasteiger partial charge in [0.25, 0.3) is 7.82 Å². The number of nitrogens with zero attached hydrogens (tertiary/aromatic N) is 1. The largest absolute Gasteiger partial charge is 0.756 e. The van der Waals surface area contributed by atoms with E-state index in [9.17, 15) is 19.0 Å². The first kappa shape index (κ1) is 81.1. The highest BCUT2D eigenvalue weighted by molar-refractivity contribution is 7.45. The van der Waals surface area contributed by atoms with Crippen LogP contribution in [0.4, 0.5) is 0 Å². The smallest absolute Gasteiger partial charge is 0.306 e. The highest BCUT2D eigenvalue weighted by atomic mass is 31.2. The van der Waals surface area contributed by atoms with Gasteiger partial charge in [0.1, 0.15) is 19.8 Å². The molecule has 0 heterocycles. The summed E-state index contributed by atoms with van der Waals surface area (Å²) in [5, 5.41) is 0. The molecular formula is C76H122NO8P. The van der Waals surface area contributed by atoms with Gasteiger partial charge in [0.05, 0.1) is 27.7 Å². The van der Waals surface area contributed by atoms with Crippen LogP contribution in [-0.4, -0.2) is 70.0 Å². The third-order valence-electron chi connectivity index (χ3n) is 13.4. The zero-order valence-electron chi connectivity index (χ0n) is 54.9. The molecule has 0 fully saturated rings. The molecule has 9 nitrogen and oxygen atoms in total. The van der Waals surface area contributed by atoms with Crippen LogP contribution in [0.15, 0.2) is 182 Å². The summed E-state index contributed by atoms with van der Waals surface area (Å²) < 4.78 is 34.3. The van der Waals surface area contributed by atoms with Gasteiger partial charge in [-0.15, -0.1) is 0 Å². The fraction of sp³-hybridized carbons (Fsp3) is 0.579. The van der Waals surface area contributed by atoms with E-state index in [0.717, 1.165) is 148 Å². The van der Waals surface area contributed by atoms with Gasteiger partial charge in [-0.2, -0.15) is 0 Å². The van der Waals surface area contributed by atoms with Gasteiger partial charge in [-0.05, 0) is 135 Å². The molecule has 0 rings (SSSR count). The van der Waals surface area contributed by atoms with Gasteiger partial charge in [-0.3, -0.25) is 14.2 Å². The fourth-order valence-electron chi connectivity index (χ4n) is 8.36. The molecule has 0 amide bonds. The number of ether oxygens (including phenoxy) is 2. The molecule has 484 valence electrons. The Bertz CT molecular complexity index is 2100. The first-order valence-corrected chi connectivity index (χ1v) is 35.0. The number of carbonyl (C=O) groups excluding carboxylic acids is 2. The number of likely N-dealkylation sites (N-methyl/N-ethyl adjacent to an activating group) is 1. The van der Waals surface area contributed by atoms with Crippen molar-refractivity contribution in [3.63, 3.8) is 0 Å². The zero-order chi connectivity index (χ0) is 62.6. The number of esters is 2. The molecular weight excluding hydrogens is 1090 g/mol. The van der Waals surface area contributed by atoms with E-state index in [4.69, 9.17) is 18.5 Å². The van der Waals surface area contributed by atoms with E-state index >= 15 is 0 Å². The number of hydrogen-bond acceptors (Lipinski definition) is 8. The van der Waals surface area contributed by atoms with Crippen molar-refractivity contribution < 1.29 is 42.1 Å². The van der Waals surface area contributed by atoms with Gasteiger partial charge in [0.15, 0.2) is 6.10 Å². The Kier molecular flexibility index (Phi) is 60.9. The van der Waals surface area contributed by atoms with E-state index in [-0.39, 0.29) is 26.1 Å². The van der Waals surface area contributed by atoms with Gasteiger partial charge in [0, 0.05) is 12.8 Å². The van der Waals surface area contributed by atoms with Crippen molar-refractivity contribution in [3.05, 3.63) is 182 Å². The molecule has 0 aliphatic rings. The lowest BCUT2D eigenvalue weighted by Gasteiger charge is -2.28. The number of hydrogen-bond donors (Lipinski definition) is 0. The molecule has 86 heavy (non-hydrogen) atoms. The van der Waals surface area contributed by atoms with Gasteiger partial charge < -0.3 is 27.9 Å². The second-order valence-corrected chi connectivity index (χ2v) is 24.1. The van der Waals surface area contributed by atoms with Gasteiger partial charge in [0.2, 0.25) is 0 Å². The van der Waals surface area contributed by atoms with Crippen molar-refractivity contribution in [2.24, 2.45) is 0 Å². The van der Waals surface area contributed by atoms with Crippen LogP contribution in [0, 0.1) is 0 Å². The lowest BCUT2D eigenvalue weighted by molar-refractivity contribution is -0.870. The minimum Gasteiger partial charge on any atom is -0.756 e. The topological polar surface area (TPSA) is 111 Å². The number of allylic oxidation sites excluding steroid dienone is 30. The average Bonchev–Trinajstić information content (AvgIpc) is 3.70. The predicted octanol–water partition coefficient (Wildman–Crippen LogP) is 21.3. The molecule has 0 aliphatic carbocycles. The van der Waals surface area contributed by atoms with E-state index in [1.165, 1.54) is 44.9 Å². The van der Waals surface area contributed by atoms with Crippen LogP contribution in [0.25, 0.3) is 0 Å². The van der Waals surface area contributed by atoms with E-state index < -0.39 is 32.5 Å². The number of unbranched alkanes of at least 4 members (excludes halogenated alkanes) is 15. The maximum Gasteiger partial charge on any atom is 0.306 e. The minimum atomic E-state index is -4.66. The molecule has 10 heteroatoms. The summed E-state index contributed by atoms with van der Waals surface area (Å²) in [6.45, 7) is 3.97. The lowest BCUT2D eigenvalue weighted by Crippen LogP contribution is -2.37. The Morgan fingerprint density at radius 1 is 0.360 bits per heavy atom. The summed E-state index contributed by atoms with van der Waals surface area (Å²) >= 11 is 0. The third kappa shape index (κ3) is 68.2. The molecule has 0 aliphatic heterocycles. The maximum absolute atomic E-state index is 12.9. The number of quaternary nitrogens is 1. The zero-order valence-corrected chi connectivity index (χ0v) is 55.8. The quantitative estimate of drug-likeness (QED) is 0.0195. The van der Waals surface area contributed by atoms with Crippen LogP contribution < -0.4 is 4.89 Å². The molecule has 0 N–H and O–H groups in total. The van der Waals surface area contributed by atoms with E-state index in [0.29, 0.717) is 23.9 Å². The molecule has 0 radical (unpaired) electrons. The second-order valence-electron chi connectivity index (χ2n) is 22.7. The normalized spacial score (nSPS) is 14.3. The molecule has 0 saturated heterocycles. The summed E-state index contributed by atoms with van der Waals surface area (Å²) in [6, 6.07) is 0. The average molecular weight is 1210 g/mol. The molecule has 0 aromatic rings. The van der Waals surface area contributed by atoms with Crippen molar-refractivity contribution in [1.82, 2.24) is 0 Å². The molecule has 0 aromatic heterocycles. The van der Waals surface area contributed by atoms with Gasteiger partial charge in [-0.1, -0.05) is 267 Å². The molecule has 2 atom stereocenters. The van der Waals surface area contributed by atoms with Crippen LogP contribution in [-0.2, 0) is 32.7 Å². The standard InChI is InChI=1S/C76H122NO8P/c1-6-8-10-12-14-16-18-20-22-24-26-28-30-32-34-36-37-38-39-41-43-45-47-49-51-53-55-57-59-61-63-65-67-69-76(79)85-74(73-84-86(80,81)83-71-70-77(3,4)5)72-82-75(78)68-66-64-62-60-58-56-54-52-50-48-46-44-42-40-35-33-31-29-27-25-23-21-19-17-15-13-11-9-7-2/h8-11,14-17,20-23,26-29,32-35,37-38,41-44,47-50,74H,6-7,12-13,18-19,24-25,30-31,36,39-40,45-46,51-73H2,1-5H3/b10-8-,11-9-,16-14-,17-15-,22-20-,23-21-,28-26-,29-27-,34-32-,35-33-,38-37-,43-41-,44-42-,49-47-,50-48-. The number of phosphoric acid groups is 1. The molecule has 0 saturated carbocycles. The molecule has 0 aromatic carbocycles. The van der Waals surface area contributed by atoms with Crippen LogP contribution in [0.3, 0.4) is 0 Å². The van der Waals surface area contributed by atoms with Crippen LogP contribution in [0.5, 0.6) is 0 Å². The Balaban J connectivity index is 4.21. The highest BCUT2D eigenvalue weighted by Crippen LogP contribution is 2.38. The van der Waals surface area contributed by atoms with Crippen LogP contribution >= 0.6 is 7.82 Å². The Labute approximate surface area is 527 Å². The summed E-state index contributed by atoms with van der Waals surface area (Å²) in [5.41, 5.74) is 0. The van der Waals surface area contributed by atoms with Crippen molar-refractivity contribution in [1.29, 1.82) is 0 Å². The van der Waals surface area contributed by atoms with E-state index in [1.807, 2.05) is 21.1 Å². The summed E-state index contributed by atoms with van der Waals surface area (Å²) in [7, 11) is 1.13. The van der Waals surface area contributed by atoms with E-state index in [2.05, 4.69) is 196 Å². The van der Waals surface area contributed by atoms with Crippen molar-refractivity contribution in [2.45, 2.75) is 238 Å². The first-order valence-electron chi connectivity index (χ1n) is 33.5. The minimum absolute atomic E-state index is 0.0452. The Hall–Kier alpha value is -4.89. The maximum atomic E-state index is 12.9. The van der Waals surface area contributed by atoms with Gasteiger partial charge in [-0.25, -0.2) is 0 Å². The highest BCUT2D eigenvalue weighted by Gasteiger charge is 2.22. The van der Waals surface area contributed by atoms with Crippen molar-refractivity contribution in [3.8, 4) is 0 Å². The lowest BCUT2D eigenvalue weighted by atomic mass is 10.1. The molecule has 2 unspecified atom stereocenters. The monoisotopic (exact) mass is 1210 g/mol. The van der Waals surface area contributed by atoms with Crippen LogP contribution in [0.1, 0.15) is 232 Å². The Morgan fingerprint density at radius 3 is 0.930 bits per heavy atom. The second kappa shape index (κ2) is 64.6. The molecule has 0 bridgehead atoms. The van der Waals surface area contributed by atoms with Crippen LogP contribution in [0.2, 0.25) is 0 Å². The van der Waals surface area contributed by atoms with Crippen molar-refractivity contribution in [2.75, 3.05) is 47.5 Å². The number of rotatable bonds is 59. The predicted molar refractivity (Wildman–Crippen MR) is 369 cm³/mol. The van der Waals surface area contributed by atoms with Crippen molar-refractivity contribution >= 4 is 19.8 Å². The number of carbonyl (C=O) groups is 2. The summed E-state index contributed by atoms with van der Waals surface area (Å²) in [6.07, 6.45) is 99.5. The fourth-order valence-corrected chi connectivity index (χ4v) is 9.09.